The van der Waals surface area contributed by atoms with E-state index in [1.54, 1.807) is 43.9 Å². The predicted molar refractivity (Wildman–Crippen MR) is 108 cm³/mol. The molecule has 2 aromatic heterocycles. The molecule has 0 bridgehead atoms. The Kier molecular flexibility index (Phi) is 4.84. The predicted octanol–water partition coefficient (Wildman–Crippen LogP) is 4.40. The third kappa shape index (κ3) is 3.48. The average Bonchev–Trinajstić information content (AvgIpc) is 3.25. The standard InChI is InChI=1S/C22H18N4O2/c1-28-20-8-3-2-7-19(20)25-22(27)17-6-4-5-16(13-17)21-18(14-24-26-21)15-9-11-23-12-10-15/h2-14H,1H3,(H,24,26)(H,25,27). The van der Waals surface area contributed by atoms with Gasteiger partial charge in [0.25, 0.3) is 5.91 Å². The maximum absolute atomic E-state index is 12.8. The van der Waals surface area contributed by atoms with Crippen LogP contribution in [0.2, 0.25) is 0 Å². The zero-order chi connectivity index (χ0) is 19.3. The van der Waals surface area contributed by atoms with Gasteiger partial charge in [-0.25, -0.2) is 0 Å². The van der Waals surface area contributed by atoms with Gasteiger partial charge in [-0.2, -0.15) is 5.10 Å². The Labute approximate surface area is 162 Å². The lowest BCUT2D eigenvalue weighted by molar-refractivity contribution is 0.102. The van der Waals surface area contributed by atoms with E-state index in [9.17, 15) is 4.79 Å². The number of hydrogen-bond acceptors (Lipinski definition) is 4. The number of carbonyl (C=O) groups excluding carboxylic acids is 1. The first kappa shape index (κ1) is 17.5. The molecule has 2 aromatic carbocycles. The van der Waals surface area contributed by atoms with Crippen LogP contribution < -0.4 is 10.1 Å². The number of anilines is 1. The van der Waals surface area contributed by atoms with Crippen molar-refractivity contribution in [2.75, 3.05) is 12.4 Å². The molecule has 4 rings (SSSR count). The lowest BCUT2D eigenvalue weighted by atomic mass is 10.0. The molecule has 0 atom stereocenters. The van der Waals surface area contributed by atoms with Gasteiger partial charge < -0.3 is 10.1 Å². The van der Waals surface area contributed by atoms with Crippen LogP contribution in [0.3, 0.4) is 0 Å². The number of benzene rings is 2. The molecule has 2 heterocycles. The Morgan fingerprint density at radius 2 is 1.82 bits per heavy atom. The Balaban J connectivity index is 1.64. The molecule has 0 saturated heterocycles. The molecule has 0 aliphatic carbocycles. The van der Waals surface area contributed by atoms with E-state index in [4.69, 9.17) is 4.74 Å². The third-order valence-electron chi connectivity index (χ3n) is 4.40. The molecule has 6 nitrogen and oxygen atoms in total. The molecular weight excluding hydrogens is 352 g/mol. The van der Waals surface area contributed by atoms with Gasteiger partial charge in [0.05, 0.1) is 24.7 Å². The summed E-state index contributed by atoms with van der Waals surface area (Å²) in [6.45, 7) is 0. The van der Waals surface area contributed by atoms with Gasteiger partial charge in [-0.3, -0.25) is 14.9 Å². The third-order valence-corrected chi connectivity index (χ3v) is 4.40. The molecule has 138 valence electrons. The summed E-state index contributed by atoms with van der Waals surface area (Å²) in [6.07, 6.45) is 5.25. The SMILES string of the molecule is COc1ccccc1NC(=O)c1cccc(-c2[nH]ncc2-c2ccncc2)c1. The Morgan fingerprint density at radius 3 is 2.64 bits per heavy atom. The molecule has 0 aliphatic rings. The highest BCUT2D eigenvalue weighted by Crippen LogP contribution is 2.30. The lowest BCUT2D eigenvalue weighted by Gasteiger charge is -2.10. The van der Waals surface area contributed by atoms with Gasteiger partial charge in [-0.05, 0) is 42.0 Å². The summed E-state index contributed by atoms with van der Waals surface area (Å²) in [5.74, 6) is 0.400. The second kappa shape index (κ2) is 7.75. The summed E-state index contributed by atoms with van der Waals surface area (Å²) < 4.78 is 5.30. The number of aromatic amines is 1. The molecule has 0 spiro atoms. The van der Waals surface area contributed by atoms with E-state index >= 15 is 0 Å². The van der Waals surface area contributed by atoms with Crippen LogP contribution in [-0.2, 0) is 0 Å². The molecule has 0 radical (unpaired) electrons. The summed E-state index contributed by atoms with van der Waals surface area (Å²) in [5, 5.41) is 10.1. The molecule has 0 aliphatic heterocycles. The number of methoxy groups -OCH3 is 1. The van der Waals surface area contributed by atoms with Crippen LogP contribution in [0.5, 0.6) is 5.75 Å². The molecule has 6 heteroatoms. The van der Waals surface area contributed by atoms with Crippen molar-refractivity contribution in [2.24, 2.45) is 0 Å². The molecule has 2 N–H and O–H groups in total. The number of rotatable bonds is 5. The fourth-order valence-corrected chi connectivity index (χ4v) is 3.01. The van der Waals surface area contributed by atoms with Gasteiger partial charge in [-0.1, -0.05) is 24.3 Å². The van der Waals surface area contributed by atoms with Crippen LogP contribution in [-0.4, -0.2) is 28.2 Å². The summed E-state index contributed by atoms with van der Waals surface area (Å²) in [5.41, 5.74) is 4.83. The van der Waals surface area contributed by atoms with Crippen LogP contribution >= 0.6 is 0 Å². The highest BCUT2D eigenvalue weighted by molar-refractivity contribution is 6.05. The Bertz CT molecular complexity index is 1110. The van der Waals surface area contributed by atoms with Crippen molar-refractivity contribution in [2.45, 2.75) is 0 Å². The van der Waals surface area contributed by atoms with Gasteiger partial charge >= 0.3 is 0 Å². The van der Waals surface area contributed by atoms with Gasteiger partial charge in [0, 0.05) is 29.1 Å². The van der Waals surface area contributed by atoms with Gasteiger partial charge in [0.1, 0.15) is 5.75 Å². The highest BCUT2D eigenvalue weighted by atomic mass is 16.5. The van der Waals surface area contributed by atoms with Crippen molar-refractivity contribution in [3.63, 3.8) is 0 Å². The second-order valence-corrected chi connectivity index (χ2v) is 6.13. The number of aromatic nitrogens is 3. The van der Waals surface area contributed by atoms with E-state index in [-0.39, 0.29) is 5.91 Å². The number of nitrogens with zero attached hydrogens (tertiary/aromatic N) is 2. The van der Waals surface area contributed by atoms with Crippen LogP contribution in [0.4, 0.5) is 5.69 Å². The molecule has 0 unspecified atom stereocenters. The normalized spacial score (nSPS) is 10.5. The second-order valence-electron chi connectivity index (χ2n) is 6.13. The maximum Gasteiger partial charge on any atom is 0.255 e. The summed E-state index contributed by atoms with van der Waals surface area (Å²) in [4.78, 5) is 16.8. The van der Waals surface area contributed by atoms with Crippen molar-refractivity contribution in [1.82, 2.24) is 15.2 Å². The molecule has 4 aromatic rings. The van der Waals surface area contributed by atoms with E-state index in [2.05, 4.69) is 20.5 Å². The first-order valence-corrected chi connectivity index (χ1v) is 8.75. The monoisotopic (exact) mass is 370 g/mol. The van der Waals surface area contributed by atoms with Gasteiger partial charge in [0.2, 0.25) is 0 Å². The largest absolute Gasteiger partial charge is 0.495 e. The fraction of sp³-hybridized carbons (Fsp3) is 0.0455. The highest BCUT2D eigenvalue weighted by Gasteiger charge is 2.13. The number of H-pyrrole nitrogens is 1. The number of para-hydroxylation sites is 2. The van der Waals surface area contributed by atoms with Crippen molar-refractivity contribution in [1.29, 1.82) is 0 Å². The van der Waals surface area contributed by atoms with Crippen molar-refractivity contribution < 1.29 is 9.53 Å². The molecule has 0 fully saturated rings. The number of pyridine rings is 1. The Hall–Kier alpha value is -3.93. The number of ether oxygens (including phenoxy) is 1. The number of carbonyl (C=O) groups is 1. The fourth-order valence-electron chi connectivity index (χ4n) is 3.01. The minimum atomic E-state index is -0.212. The van der Waals surface area contributed by atoms with Crippen LogP contribution in [0.25, 0.3) is 22.4 Å². The summed E-state index contributed by atoms with van der Waals surface area (Å²) in [6, 6.07) is 18.6. The smallest absolute Gasteiger partial charge is 0.255 e. The molecule has 0 saturated carbocycles. The molecule has 28 heavy (non-hydrogen) atoms. The van der Waals surface area contributed by atoms with E-state index in [1.807, 2.05) is 42.5 Å². The van der Waals surface area contributed by atoms with E-state index in [0.717, 1.165) is 22.4 Å². The van der Waals surface area contributed by atoms with Crippen LogP contribution in [0.15, 0.2) is 79.3 Å². The van der Waals surface area contributed by atoms with E-state index < -0.39 is 0 Å². The number of nitrogens with one attached hydrogen (secondary N) is 2. The summed E-state index contributed by atoms with van der Waals surface area (Å²) >= 11 is 0. The minimum absolute atomic E-state index is 0.212. The number of hydrogen-bond donors (Lipinski definition) is 2. The van der Waals surface area contributed by atoms with E-state index in [0.29, 0.717) is 17.0 Å². The quantitative estimate of drug-likeness (QED) is 0.546. The first-order valence-electron chi connectivity index (χ1n) is 8.75. The minimum Gasteiger partial charge on any atom is -0.495 e. The van der Waals surface area contributed by atoms with Crippen LogP contribution in [0.1, 0.15) is 10.4 Å². The first-order chi connectivity index (χ1) is 13.8. The van der Waals surface area contributed by atoms with Crippen LogP contribution in [0, 0.1) is 0 Å². The lowest BCUT2D eigenvalue weighted by Crippen LogP contribution is -2.12. The Morgan fingerprint density at radius 1 is 1.00 bits per heavy atom. The van der Waals surface area contributed by atoms with Gasteiger partial charge in [-0.15, -0.1) is 0 Å². The molecule has 1 amide bonds. The van der Waals surface area contributed by atoms with Crippen molar-refractivity contribution in [3.8, 4) is 28.1 Å². The topological polar surface area (TPSA) is 79.9 Å². The average molecular weight is 370 g/mol. The van der Waals surface area contributed by atoms with Crippen molar-refractivity contribution in [3.05, 3.63) is 84.8 Å². The molecular formula is C22H18N4O2. The van der Waals surface area contributed by atoms with E-state index in [1.165, 1.54) is 0 Å². The number of amides is 1. The van der Waals surface area contributed by atoms with Gasteiger partial charge in [0.15, 0.2) is 0 Å². The zero-order valence-electron chi connectivity index (χ0n) is 15.2. The summed E-state index contributed by atoms with van der Waals surface area (Å²) in [7, 11) is 1.57. The zero-order valence-corrected chi connectivity index (χ0v) is 15.2. The van der Waals surface area contributed by atoms with Crippen molar-refractivity contribution >= 4 is 11.6 Å². The maximum atomic E-state index is 12.8.